The van der Waals surface area contributed by atoms with Crippen molar-refractivity contribution in [2.24, 2.45) is 0 Å². The van der Waals surface area contributed by atoms with Crippen LogP contribution in [0, 0.1) is 20.8 Å². The van der Waals surface area contributed by atoms with Crippen LogP contribution >= 0.6 is 0 Å². The van der Waals surface area contributed by atoms with Crippen LogP contribution in [0.4, 0.5) is 0 Å². The maximum atomic E-state index is 13.0. The first kappa shape index (κ1) is 21.2. The lowest BCUT2D eigenvalue weighted by molar-refractivity contribution is 0.0950. The molecule has 0 atom stereocenters. The monoisotopic (exact) mass is 428 g/mol. The number of tetrazole rings is 1. The maximum Gasteiger partial charge on any atom is 0.251 e. The van der Waals surface area contributed by atoms with E-state index < -0.39 is 0 Å². The van der Waals surface area contributed by atoms with E-state index >= 15 is 0 Å². The molecular formula is C23H24N8O. The molecule has 162 valence electrons. The molecule has 0 fully saturated rings. The molecule has 3 heterocycles. The van der Waals surface area contributed by atoms with Crippen molar-refractivity contribution in [3.8, 4) is 16.9 Å². The molecular weight excluding hydrogens is 404 g/mol. The number of carbonyl (C=O) groups excluding carboxylic acids is 1. The Hall–Kier alpha value is -4.01. The number of rotatable bonds is 6. The van der Waals surface area contributed by atoms with E-state index in [9.17, 15) is 4.79 Å². The zero-order valence-corrected chi connectivity index (χ0v) is 18.5. The molecule has 0 saturated heterocycles. The Morgan fingerprint density at radius 3 is 2.56 bits per heavy atom. The van der Waals surface area contributed by atoms with Gasteiger partial charge in [-0.25, -0.2) is 0 Å². The van der Waals surface area contributed by atoms with E-state index in [1.807, 2.05) is 46.0 Å². The van der Waals surface area contributed by atoms with E-state index in [-0.39, 0.29) is 12.5 Å². The highest BCUT2D eigenvalue weighted by molar-refractivity contribution is 5.96. The zero-order valence-electron chi connectivity index (χ0n) is 18.5. The van der Waals surface area contributed by atoms with E-state index in [4.69, 9.17) is 0 Å². The molecule has 0 aliphatic rings. The van der Waals surface area contributed by atoms with E-state index in [2.05, 4.69) is 41.9 Å². The molecule has 0 bridgehead atoms. The Morgan fingerprint density at radius 2 is 1.84 bits per heavy atom. The summed E-state index contributed by atoms with van der Waals surface area (Å²) in [6.07, 6.45) is 5.81. The lowest BCUT2D eigenvalue weighted by Crippen LogP contribution is -2.23. The van der Waals surface area contributed by atoms with Crippen LogP contribution in [0.5, 0.6) is 0 Å². The van der Waals surface area contributed by atoms with Gasteiger partial charge < -0.3 is 5.32 Å². The fourth-order valence-corrected chi connectivity index (χ4v) is 3.43. The van der Waals surface area contributed by atoms with Crippen molar-refractivity contribution in [3.05, 3.63) is 76.8 Å². The maximum absolute atomic E-state index is 13.0. The van der Waals surface area contributed by atoms with Gasteiger partial charge in [0.1, 0.15) is 0 Å². The molecule has 1 aromatic carbocycles. The highest BCUT2D eigenvalue weighted by Crippen LogP contribution is 2.26. The number of aromatic nitrogens is 7. The number of nitrogens with zero attached hydrogens (tertiary/aromatic N) is 7. The number of aryl methyl sites for hydroxylation is 4. The summed E-state index contributed by atoms with van der Waals surface area (Å²) in [5.74, 6) is 0.475. The Balaban J connectivity index is 1.72. The van der Waals surface area contributed by atoms with E-state index in [1.165, 1.54) is 0 Å². The third kappa shape index (κ3) is 4.51. The fourth-order valence-electron chi connectivity index (χ4n) is 3.43. The normalized spacial score (nSPS) is 10.9. The number of nitrogens with one attached hydrogen (secondary N) is 1. The molecule has 1 amide bonds. The summed E-state index contributed by atoms with van der Waals surface area (Å²) >= 11 is 0. The van der Waals surface area contributed by atoms with Gasteiger partial charge in [-0.05, 0) is 60.5 Å². The van der Waals surface area contributed by atoms with E-state index in [0.29, 0.717) is 29.2 Å². The predicted octanol–water partition coefficient (Wildman–Crippen LogP) is 2.93. The van der Waals surface area contributed by atoms with Gasteiger partial charge in [-0.2, -0.15) is 4.68 Å². The number of benzene rings is 1. The number of hydrogen-bond acceptors (Lipinski definition) is 7. The van der Waals surface area contributed by atoms with Gasteiger partial charge in [0.15, 0.2) is 5.82 Å². The highest BCUT2D eigenvalue weighted by Gasteiger charge is 2.15. The summed E-state index contributed by atoms with van der Waals surface area (Å²) in [7, 11) is 0. The first-order valence-electron chi connectivity index (χ1n) is 10.4. The smallest absolute Gasteiger partial charge is 0.251 e. The number of amides is 1. The molecule has 4 rings (SSSR count). The minimum absolute atomic E-state index is 0.230. The summed E-state index contributed by atoms with van der Waals surface area (Å²) < 4.78 is 1.65. The van der Waals surface area contributed by atoms with Gasteiger partial charge in [0, 0.05) is 29.9 Å². The summed E-state index contributed by atoms with van der Waals surface area (Å²) in [6, 6.07) is 7.63. The topological polar surface area (TPSA) is 111 Å². The van der Waals surface area contributed by atoms with Crippen LogP contribution in [0.3, 0.4) is 0 Å². The molecule has 0 spiro atoms. The van der Waals surface area contributed by atoms with Crippen LogP contribution < -0.4 is 5.32 Å². The third-order valence-electron chi connectivity index (χ3n) is 5.03. The minimum Gasteiger partial charge on any atom is -0.346 e. The number of pyridine rings is 1. The number of carbonyl (C=O) groups is 1. The van der Waals surface area contributed by atoms with Crippen molar-refractivity contribution < 1.29 is 4.79 Å². The quantitative estimate of drug-likeness (QED) is 0.502. The van der Waals surface area contributed by atoms with Crippen LogP contribution in [-0.4, -0.2) is 41.1 Å². The molecule has 9 heteroatoms. The van der Waals surface area contributed by atoms with Crippen molar-refractivity contribution in [3.63, 3.8) is 0 Å². The van der Waals surface area contributed by atoms with Crippen molar-refractivity contribution >= 4 is 5.91 Å². The number of hydrogen-bond donors (Lipinski definition) is 1. The zero-order chi connectivity index (χ0) is 22.7. The highest BCUT2D eigenvalue weighted by atomic mass is 16.1. The van der Waals surface area contributed by atoms with Gasteiger partial charge in [0.05, 0.1) is 35.5 Å². The molecule has 0 aliphatic heterocycles. The summed E-state index contributed by atoms with van der Waals surface area (Å²) in [5.41, 5.74) is 6.42. The summed E-state index contributed by atoms with van der Waals surface area (Å²) in [5, 5.41) is 14.9. The summed E-state index contributed by atoms with van der Waals surface area (Å²) in [4.78, 5) is 26.2. The average Bonchev–Trinajstić information content (AvgIpc) is 3.27. The van der Waals surface area contributed by atoms with E-state index in [0.717, 1.165) is 28.1 Å². The van der Waals surface area contributed by atoms with Gasteiger partial charge in [-0.1, -0.05) is 13.0 Å². The van der Waals surface area contributed by atoms with Gasteiger partial charge in [-0.3, -0.25) is 19.7 Å². The lowest BCUT2D eigenvalue weighted by atomic mass is 10.0. The first-order chi connectivity index (χ1) is 15.4. The minimum atomic E-state index is -0.230. The largest absolute Gasteiger partial charge is 0.346 e. The molecule has 1 N–H and O–H groups in total. The predicted molar refractivity (Wildman–Crippen MR) is 119 cm³/mol. The molecule has 0 unspecified atom stereocenters. The third-order valence-corrected chi connectivity index (χ3v) is 5.03. The van der Waals surface area contributed by atoms with Crippen LogP contribution in [0.2, 0.25) is 0 Å². The van der Waals surface area contributed by atoms with Gasteiger partial charge >= 0.3 is 0 Å². The Bertz CT molecular complexity index is 1260. The van der Waals surface area contributed by atoms with Crippen LogP contribution in [-0.2, 0) is 13.0 Å². The first-order valence-corrected chi connectivity index (χ1v) is 10.4. The van der Waals surface area contributed by atoms with Gasteiger partial charge in [0.2, 0.25) is 0 Å². The van der Waals surface area contributed by atoms with Gasteiger partial charge in [-0.15, -0.1) is 5.10 Å². The summed E-state index contributed by atoms with van der Waals surface area (Å²) in [6.45, 7) is 8.13. The van der Waals surface area contributed by atoms with Crippen molar-refractivity contribution in [1.82, 2.24) is 40.5 Å². The van der Waals surface area contributed by atoms with Crippen LogP contribution in [0.1, 0.15) is 45.6 Å². The fraction of sp³-hybridized carbons (Fsp3) is 0.261. The van der Waals surface area contributed by atoms with Crippen molar-refractivity contribution in [2.75, 3.05) is 0 Å². The Morgan fingerprint density at radius 1 is 1.00 bits per heavy atom. The van der Waals surface area contributed by atoms with Crippen molar-refractivity contribution in [2.45, 2.75) is 40.7 Å². The molecule has 0 radical (unpaired) electrons. The second kappa shape index (κ2) is 9.01. The second-order valence-corrected chi connectivity index (χ2v) is 7.64. The Labute approximate surface area is 186 Å². The molecule has 9 nitrogen and oxygen atoms in total. The SMILES string of the molecule is CCc1nnnn1-c1cc(C(=O)NCc2cnc(C)cn2)cc(-c2ncc(C)cc2C)c1. The second-order valence-electron chi connectivity index (χ2n) is 7.64. The molecule has 32 heavy (non-hydrogen) atoms. The molecule has 0 saturated carbocycles. The molecule has 4 aromatic rings. The standard InChI is InChI=1S/C23H24N8O/c1-5-21-28-29-30-31(21)20-8-17(22-15(3)6-14(2)10-26-22)7-18(9-20)23(32)27-13-19-12-24-16(4)11-25-19/h6-12H,5,13H2,1-4H3,(H,27,32). The Kier molecular flexibility index (Phi) is 5.98. The van der Waals surface area contributed by atoms with Gasteiger partial charge in [0.25, 0.3) is 5.91 Å². The average molecular weight is 429 g/mol. The molecule has 3 aromatic heterocycles. The van der Waals surface area contributed by atoms with Crippen molar-refractivity contribution in [1.29, 1.82) is 0 Å². The van der Waals surface area contributed by atoms with E-state index in [1.54, 1.807) is 23.1 Å². The molecule has 0 aliphatic carbocycles. The van der Waals surface area contributed by atoms with Crippen LogP contribution in [0.15, 0.2) is 42.9 Å². The van der Waals surface area contributed by atoms with Crippen LogP contribution in [0.25, 0.3) is 16.9 Å². The lowest BCUT2D eigenvalue weighted by Gasteiger charge is -2.12.